The molecular formula is C42H32O9. The van der Waals surface area contributed by atoms with Crippen LogP contribution >= 0.6 is 0 Å². The smallest absolute Gasteiger partial charge is 0.135 e. The summed E-state index contributed by atoms with van der Waals surface area (Å²) >= 11 is 0. The molecule has 0 saturated heterocycles. The SMILES string of the molecule is Oc1ccc(/C=C/c2cc(O)cc3c2[C@H](c2cc(O)cc4c2[C@@H](c2cc(O)cc(O)c2)[C@H](c2ccc(O)cc2)O4)[C@@H](c2ccc(O)cc2)O3)cc1. The Labute approximate surface area is 292 Å². The summed E-state index contributed by atoms with van der Waals surface area (Å²) in [6.07, 6.45) is 2.32. The Morgan fingerprint density at radius 1 is 0.392 bits per heavy atom. The standard InChI is InChI=1S/C42H32O9/c43-27-9-2-22(3-10-27)1-4-25-15-32(48)20-35-37(25)40(42(50-35)24-7-13-29(45)14-8-24)34-19-33(49)21-36-39(34)38(26-16-30(46)18-31(47)17-26)41(51-36)23-5-11-28(44)12-6-23/h1-21,38,40-49H/b4-1+/t38-,40+,41+,42-/m1/s1. The highest BCUT2D eigenvalue weighted by molar-refractivity contribution is 5.76. The summed E-state index contributed by atoms with van der Waals surface area (Å²) in [7, 11) is 0. The zero-order chi connectivity index (χ0) is 35.4. The van der Waals surface area contributed by atoms with Gasteiger partial charge in [-0.3, -0.25) is 0 Å². The van der Waals surface area contributed by atoms with E-state index >= 15 is 0 Å². The third-order valence-electron chi connectivity index (χ3n) is 9.46. The van der Waals surface area contributed by atoms with Gasteiger partial charge in [-0.1, -0.05) is 48.6 Å². The fourth-order valence-corrected chi connectivity index (χ4v) is 7.31. The molecule has 2 aliphatic rings. The molecule has 2 aliphatic heterocycles. The van der Waals surface area contributed by atoms with E-state index in [1.165, 1.54) is 12.1 Å². The Morgan fingerprint density at radius 3 is 1.43 bits per heavy atom. The maximum atomic E-state index is 11.3. The molecule has 0 aliphatic carbocycles. The number of fused-ring (bicyclic) bond motifs is 2. The van der Waals surface area contributed by atoms with Crippen LogP contribution in [0.2, 0.25) is 0 Å². The average Bonchev–Trinajstić information content (AvgIpc) is 3.67. The summed E-state index contributed by atoms with van der Waals surface area (Å²) in [6, 6.07) is 30.7. The van der Waals surface area contributed by atoms with Crippen molar-refractivity contribution in [3.8, 4) is 51.7 Å². The molecule has 0 saturated carbocycles. The molecule has 8 rings (SSSR count). The molecule has 51 heavy (non-hydrogen) atoms. The molecule has 7 N–H and O–H groups in total. The van der Waals surface area contributed by atoms with Gasteiger partial charge in [0, 0.05) is 29.3 Å². The quantitative estimate of drug-likeness (QED) is 0.0858. The minimum atomic E-state index is -0.694. The van der Waals surface area contributed by atoms with Crippen molar-refractivity contribution >= 4 is 12.2 Å². The van der Waals surface area contributed by atoms with E-state index in [0.717, 1.165) is 16.7 Å². The Balaban J connectivity index is 1.37. The lowest BCUT2D eigenvalue weighted by Gasteiger charge is -2.26. The van der Waals surface area contributed by atoms with Gasteiger partial charge in [-0.15, -0.1) is 0 Å². The summed E-state index contributed by atoms with van der Waals surface area (Å²) in [6.45, 7) is 0. The molecule has 6 aromatic rings. The monoisotopic (exact) mass is 680 g/mol. The number of rotatable bonds is 6. The number of benzene rings is 6. The summed E-state index contributed by atoms with van der Waals surface area (Å²) in [4.78, 5) is 0. The Morgan fingerprint density at radius 2 is 0.863 bits per heavy atom. The number of hydrogen-bond donors (Lipinski definition) is 7. The van der Waals surface area contributed by atoms with Crippen LogP contribution in [0.5, 0.6) is 51.7 Å². The molecule has 0 unspecified atom stereocenters. The Kier molecular flexibility index (Phi) is 7.60. The van der Waals surface area contributed by atoms with Crippen LogP contribution < -0.4 is 9.47 Å². The largest absolute Gasteiger partial charge is 0.508 e. The molecule has 0 radical (unpaired) electrons. The van der Waals surface area contributed by atoms with E-state index in [1.54, 1.807) is 103 Å². The van der Waals surface area contributed by atoms with Gasteiger partial charge in [0.15, 0.2) is 0 Å². The van der Waals surface area contributed by atoms with Gasteiger partial charge in [0.1, 0.15) is 64.0 Å². The second kappa shape index (κ2) is 12.3. The van der Waals surface area contributed by atoms with E-state index in [1.807, 2.05) is 12.2 Å². The van der Waals surface area contributed by atoms with Crippen molar-refractivity contribution in [2.24, 2.45) is 0 Å². The molecule has 0 spiro atoms. The Bertz CT molecular complexity index is 2270. The molecule has 6 aromatic carbocycles. The van der Waals surface area contributed by atoms with Gasteiger partial charge in [0.25, 0.3) is 0 Å². The van der Waals surface area contributed by atoms with Crippen LogP contribution in [0.4, 0.5) is 0 Å². The van der Waals surface area contributed by atoms with Gasteiger partial charge >= 0.3 is 0 Å². The summed E-state index contributed by atoms with van der Waals surface area (Å²) in [5.74, 6) is -0.504. The number of ether oxygens (including phenoxy) is 2. The predicted molar refractivity (Wildman–Crippen MR) is 190 cm³/mol. The van der Waals surface area contributed by atoms with Crippen molar-refractivity contribution in [1.82, 2.24) is 0 Å². The van der Waals surface area contributed by atoms with Gasteiger partial charge in [-0.2, -0.15) is 0 Å². The van der Waals surface area contributed by atoms with Gasteiger partial charge < -0.3 is 45.2 Å². The van der Waals surface area contributed by atoms with Crippen molar-refractivity contribution in [2.45, 2.75) is 24.0 Å². The van der Waals surface area contributed by atoms with E-state index in [2.05, 4.69) is 0 Å². The molecule has 2 heterocycles. The van der Waals surface area contributed by atoms with Gasteiger partial charge in [0.05, 0.1) is 11.8 Å². The van der Waals surface area contributed by atoms with Crippen LogP contribution in [-0.4, -0.2) is 35.7 Å². The van der Waals surface area contributed by atoms with Gasteiger partial charge in [-0.25, -0.2) is 0 Å². The topological polar surface area (TPSA) is 160 Å². The van der Waals surface area contributed by atoms with Crippen molar-refractivity contribution in [1.29, 1.82) is 0 Å². The minimum Gasteiger partial charge on any atom is -0.508 e. The average molecular weight is 681 g/mol. The lowest BCUT2D eigenvalue weighted by atomic mass is 9.75. The molecule has 4 atom stereocenters. The molecule has 254 valence electrons. The Hall–Kier alpha value is -6.74. The van der Waals surface area contributed by atoms with Crippen molar-refractivity contribution in [3.63, 3.8) is 0 Å². The third kappa shape index (κ3) is 5.84. The van der Waals surface area contributed by atoms with E-state index in [0.29, 0.717) is 39.3 Å². The molecule has 9 nitrogen and oxygen atoms in total. The second-order valence-corrected chi connectivity index (χ2v) is 12.8. The van der Waals surface area contributed by atoms with Gasteiger partial charge in [-0.05, 0) is 94.0 Å². The fourth-order valence-electron chi connectivity index (χ4n) is 7.31. The normalized spacial score (nSPS) is 19.0. The van der Waals surface area contributed by atoms with Crippen molar-refractivity contribution < 1.29 is 45.2 Å². The maximum absolute atomic E-state index is 11.3. The van der Waals surface area contributed by atoms with Crippen LogP contribution in [0.1, 0.15) is 68.6 Å². The highest BCUT2D eigenvalue weighted by atomic mass is 16.5. The number of hydrogen-bond acceptors (Lipinski definition) is 9. The highest BCUT2D eigenvalue weighted by Gasteiger charge is 2.46. The van der Waals surface area contributed by atoms with Crippen molar-refractivity contribution in [2.75, 3.05) is 0 Å². The van der Waals surface area contributed by atoms with Crippen LogP contribution in [0.3, 0.4) is 0 Å². The summed E-state index contributed by atoms with van der Waals surface area (Å²) in [5.41, 5.74) is 5.48. The molecular weight excluding hydrogens is 648 g/mol. The van der Waals surface area contributed by atoms with Crippen LogP contribution in [-0.2, 0) is 0 Å². The first-order chi connectivity index (χ1) is 24.6. The lowest BCUT2D eigenvalue weighted by molar-refractivity contribution is 0.219. The molecule has 0 aromatic heterocycles. The fraction of sp³-hybridized carbons (Fsp3) is 0.0952. The molecule has 0 fully saturated rings. The first kappa shape index (κ1) is 31.5. The zero-order valence-corrected chi connectivity index (χ0v) is 26.9. The molecule has 0 amide bonds. The molecule has 9 heteroatoms. The summed E-state index contributed by atoms with van der Waals surface area (Å²) in [5, 5.41) is 73.4. The predicted octanol–water partition coefficient (Wildman–Crippen LogP) is 8.33. The van der Waals surface area contributed by atoms with E-state index < -0.39 is 24.0 Å². The van der Waals surface area contributed by atoms with Gasteiger partial charge in [0.2, 0.25) is 0 Å². The second-order valence-electron chi connectivity index (χ2n) is 12.8. The first-order valence-electron chi connectivity index (χ1n) is 16.3. The highest BCUT2D eigenvalue weighted by Crippen LogP contribution is 2.59. The van der Waals surface area contributed by atoms with E-state index in [4.69, 9.17) is 9.47 Å². The van der Waals surface area contributed by atoms with E-state index in [9.17, 15) is 35.7 Å². The van der Waals surface area contributed by atoms with Crippen LogP contribution in [0, 0.1) is 0 Å². The maximum Gasteiger partial charge on any atom is 0.135 e. The third-order valence-corrected chi connectivity index (χ3v) is 9.46. The lowest BCUT2D eigenvalue weighted by Crippen LogP contribution is -2.16. The van der Waals surface area contributed by atoms with Crippen LogP contribution in [0.25, 0.3) is 12.2 Å². The number of phenols is 7. The molecule has 0 bridgehead atoms. The first-order valence-corrected chi connectivity index (χ1v) is 16.3. The number of phenolic OH excluding ortho intramolecular Hbond substituents is 7. The van der Waals surface area contributed by atoms with E-state index in [-0.39, 0.29) is 40.2 Å². The zero-order valence-electron chi connectivity index (χ0n) is 26.9. The van der Waals surface area contributed by atoms with Crippen LogP contribution in [0.15, 0.2) is 115 Å². The summed E-state index contributed by atoms with van der Waals surface area (Å²) < 4.78 is 13.3. The minimum absolute atomic E-state index is 0.0193. The van der Waals surface area contributed by atoms with Crippen molar-refractivity contribution in [3.05, 3.63) is 160 Å². The number of aromatic hydroxyl groups is 7.